The van der Waals surface area contributed by atoms with E-state index >= 15 is 0 Å². The molecule has 1 aliphatic heterocycles. The summed E-state index contributed by atoms with van der Waals surface area (Å²) in [4.78, 5) is 12.2. The monoisotopic (exact) mass is 293 g/mol. The number of methoxy groups -OCH3 is 1. The average Bonchev–Trinajstić information content (AvgIpc) is 2.99. The van der Waals surface area contributed by atoms with Crippen LogP contribution in [0.5, 0.6) is 5.75 Å². The van der Waals surface area contributed by atoms with Crippen molar-refractivity contribution in [2.75, 3.05) is 12.4 Å². The van der Waals surface area contributed by atoms with Gasteiger partial charge in [0.2, 0.25) is 5.91 Å². The topological polar surface area (TPSA) is 38.3 Å². The van der Waals surface area contributed by atoms with Crippen molar-refractivity contribution in [1.29, 1.82) is 0 Å². The highest BCUT2D eigenvalue weighted by molar-refractivity contribution is 5.95. The van der Waals surface area contributed by atoms with Crippen LogP contribution in [0, 0.1) is 0 Å². The van der Waals surface area contributed by atoms with Crippen LogP contribution in [-0.2, 0) is 17.6 Å². The van der Waals surface area contributed by atoms with Crippen LogP contribution in [0.2, 0.25) is 0 Å². The normalized spacial score (nSPS) is 19.3. The van der Waals surface area contributed by atoms with Crippen LogP contribution in [0.4, 0.5) is 5.69 Å². The molecular formula is C19H19NO2. The molecule has 1 atom stereocenters. The molecule has 3 nitrogen and oxygen atoms in total. The molecule has 4 rings (SSSR count). The number of carbonyl (C=O) groups excluding carboxylic acids is 1. The van der Waals surface area contributed by atoms with E-state index < -0.39 is 0 Å². The highest BCUT2D eigenvalue weighted by Gasteiger charge is 2.30. The zero-order valence-electron chi connectivity index (χ0n) is 12.7. The Morgan fingerprint density at radius 1 is 1.09 bits per heavy atom. The van der Waals surface area contributed by atoms with Crippen molar-refractivity contribution in [3.05, 3.63) is 58.7 Å². The second kappa shape index (κ2) is 5.16. The Bertz CT molecular complexity index is 751. The van der Waals surface area contributed by atoms with Crippen molar-refractivity contribution < 1.29 is 9.53 Å². The van der Waals surface area contributed by atoms with Gasteiger partial charge in [0.15, 0.2) is 0 Å². The number of nitrogens with one attached hydrogen (secondary N) is 1. The summed E-state index contributed by atoms with van der Waals surface area (Å²) in [6, 6.07) is 12.5. The molecule has 0 unspecified atom stereocenters. The van der Waals surface area contributed by atoms with Gasteiger partial charge in [0.05, 0.1) is 7.11 Å². The molecule has 0 fully saturated rings. The molecule has 22 heavy (non-hydrogen) atoms. The number of carbonyl (C=O) groups is 1. The van der Waals surface area contributed by atoms with Gasteiger partial charge in [-0.1, -0.05) is 24.3 Å². The number of rotatable bonds is 2. The number of amides is 1. The van der Waals surface area contributed by atoms with Gasteiger partial charge in [0.25, 0.3) is 0 Å². The average molecular weight is 293 g/mol. The van der Waals surface area contributed by atoms with E-state index in [2.05, 4.69) is 23.5 Å². The van der Waals surface area contributed by atoms with Crippen LogP contribution in [-0.4, -0.2) is 13.0 Å². The quantitative estimate of drug-likeness (QED) is 0.917. The molecule has 0 aromatic heterocycles. The minimum atomic E-state index is 0.0748. The standard InChI is InChI=1S/C19H19NO2/c1-22-18-8-3-2-7-14(18)15-11-19(21)20-17-10-13-6-4-5-12(13)9-16(15)17/h2-3,7-10,15H,4-6,11H2,1H3,(H,20,21)/t15-/m0/s1. The van der Waals surface area contributed by atoms with Gasteiger partial charge in [0, 0.05) is 23.6 Å². The number of fused-ring (bicyclic) bond motifs is 2. The molecule has 0 spiro atoms. The fraction of sp³-hybridized carbons (Fsp3) is 0.316. The second-order valence-corrected chi connectivity index (χ2v) is 6.11. The molecule has 3 heteroatoms. The smallest absolute Gasteiger partial charge is 0.225 e. The number of para-hydroxylation sites is 1. The first-order valence-corrected chi connectivity index (χ1v) is 7.84. The molecule has 0 saturated carbocycles. The number of aryl methyl sites for hydroxylation is 2. The molecule has 1 aliphatic carbocycles. The highest BCUT2D eigenvalue weighted by Crippen LogP contribution is 2.42. The third-order valence-corrected chi connectivity index (χ3v) is 4.82. The van der Waals surface area contributed by atoms with Gasteiger partial charge < -0.3 is 10.1 Å². The molecule has 2 aliphatic rings. The summed E-state index contributed by atoms with van der Waals surface area (Å²) >= 11 is 0. The first-order chi connectivity index (χ1) is 10.8. The Kier molecular flexibility index (Phi) is 3.14. The van der Waals surface area contributed by atoms with E-state index in [0.717, 1.165) is 29.8 Å². The van der Waals surface area contributed by atoms with E-state index in [1.165, 1.54) is 23.1 Å². The molecule has 1 heterocycles. The van der Waals surface area contributed by atoms with Crippen LogP contribution in [0.15, 0.2) is 36.4 Å². The zero-order chi connectivity index (χ0) is 15.1. The molecule has 0 bridgehead atoms. The Morgan fingerprint density at radius 2 is 1.86 bits per heavy atom. The molecule has 0 radical (unpaired) electrons. The van der Waals surface area contributed by atoms with E-state index in [9.17, 15) is 4.79 Å². The van der Waals surface area contributed by atoms with E-state index in [-0.39, 0.29) is 11.8 Å². The molecule has 1 amide bonds. The highest BCUT2D eigenvalue weighted by atomic mass is 16.5. The van der Waals surface area contributed by atoms with Crippen LogP contribution in [0.3, 0.4) is 0 Å². The molecule has 2 aromatic carbocycles. The summed E-state index contributed by atoms with van der Waals surface area (Å²) in [6.45, 7) is 0. The number of benzene rings is 2. The minimum Gasteiger partial charge on any atom is -0.496 e. The summed E-state index contributed by atoms with van der Waals surface area (Å²) in [7, 11) is 1.69. The molecule has 0 saturated heterocycles. The first kappa shape index (κ1) is 13.4. The lowest BCUT2D eigenvalue weighted by Gasteiger charge is -2.28. The Balaban J connectivity index is 1.87. The van der Waals surface area contributed by atoms with Gasteiger partial charge >= 0.3 is 0 Å². The molecular weight excluding hydrogens is 274 g/mol. The fourth-order valence-electron chi connectivity index (χ4n) is 3.77. The van der Waals surface area contributed by atoms with Crippen molar-refractivity contribution in [3.8, 4) is 5.75 Å². The van der Waals surface area contributed by atoms with Gasteiger partial charge in [0.1, 0.15) is 5.75 Å². The SMILES string of the molecule is COc1ccccc1[C@@H]1CC(=O)Nc2cc3c(cc21)CCC3. The summed E-state index contributed by atoms with van der Waals surface area (Å²) in [5.41, 5.74) is 6.13. The fourth-order valence-corrected chi connectivity index (χ4v) is 3.77. The van der Waals surface area contributed by atoms with E-state index in [1.54, 1.807) is 7.11 Å². The Labute approximate surface area is 130 Å². The van der Waals surface area contributed by atoms with Crippen molar-refractivity contribution in [2.45, 2.75) is 31.6 Å². The van der Waals surface area contributed by atoms with Crippen molar-refractivity contribution >= 4 is 11.6 Å². The third kappa shape index (κ3) is 2.08. The van der Waals surface area contributed by atoms with Gasteiger partial charge in [-0.3, -0.25) is 4.79 Å². The number of hydrogen-bond donors (Lipinski definition) is 1. The van der Waals surface area contributed by atoms with Crippen LogP contribution < -0.4 is 10.1 Å². The van der Waals surface area contributed by atoms with Crippen molar-refractivity contribution in [2.24, 2.45) is 0 Å². The van der Waals surface area contributed by atoms with Crippen LogP contribution in [0.1, 0.15) is 41.0 Å². The van der Waals surface area contributed by atoms with Crippen LogP contribution in [0.25, 0.3) is 0 Å². The molecule has 1 N–H and O–H groups in total. The number of ether oxygens (including phenoxy) is 1. The predicted octanol–water partition coefficient (Wildman–Crippen LogP) is 3.66. The van der Waals surface area contributed by atoms with E-state index in [1.807, 2.05) is 18.2 Å². The second-order valence-electron chi connectivity index (χ2n) is 6.11. The minimum absolute atomic E-state index is 0.0748. The maximum atomic E-state index is 12.2. The Morgan fingerprint density at radius 3 is 2.68 bits per heavy atom. The van der Waals surface area contributed by atoms with Gasteiger partial charge in [-0.25, -0.2) is 0 Å². The lowest BCUT2D eigenvalue weighted by atomic mass is 9.83. The van der Waals surface area contributed by atoms with Crippen molar-refractivity contribution in [1.82, 2.24) is 0 Å². The van der Waals surface area contributed by atoms with Gasteiger partial charge in [-0.2, -0.15) is 0 Å². The molecule has 112 valence electrons. The molecule has 2 aromatic rings. The maximum absolute atomic E-state index is 12.2. The first-order valence-electron chi connectivity index (χ1n) is 7.84. The van der Waals surface area contributed by atoms with Crippen molar-refractivity contribution in [3.63, 3.8) is 0 Å². The summed E-state index contributed by atoms with van der Waals surface area (Å²) in [5, 5.41) is 3.05. The van der Waals surface area contributed by atoms with Gasteiger partial charge in [-0.15, -0.1) is 0 Å². The van der Waals surface area contributed by atoms with E-state index in [0.29, 0.717) is 6.42 Å². The third-order valence-electron chi connectivity index (χ3n) is 4.82. The summed E-state index contributed by atoms with van der Waals surface area (Å²) < 4.78 is 5.51. The van der Waals surface area contributed by atoms with E-state index in [4.69, 9.17) is 4.74 Å². The van der Waals surface area contributed by atoms with Gasteiger partial charge in [-0.05, 0) is 48.1 Å². The lowest BCUT2D eigenvalue weighted by Crippen LogP contribution is -2.24. The predicted molar refractivity (Wildman–Crippen MR) is 86.6 cm³/mol. The lowest BCUT2D eigenvalue weighted by molar-refractivity contribution is -0.116. The largest absolute Gasteiger partial charge is 0.496 e. The maximum Gasteiger partial charge on any atom is 0.225 e. The van der Waals surface area contributed by atoms with Crippen LogP contribution >= 0.6 is 0 Å². The summed E-state index contributed by atoms with van der Waals surface area (Å²) in [6.07, 6.45) is 3.96. The zero-order valence-corrected chi connectivity index (χ0v) is 12.7. The number of anilines is 1. The summed E-state index contributed by atoms with van der Waals surface area (Å²) in [5.74, 6) is 1.01. The number of hydrogen-bond acceptors (Lipinski definition) is 2. The Hall–Kier alpha value is -2.29.